The third-order valence-corrected chi connectivity index (χ3v) is 2.76. The van der Waals surface area contributed by atoms with Crippen LogP contribution >= 0.6 is 0 Å². The van der Waals surface area contributed by atoms with E-state index >= 15 is 0 Å². The Balaban J connectivity index is 2.10. The number of hydrogen-bond donors (Lipinski definition) is 2. The molecule has 0 fully saturated rings. The molecule has 2 aromatic rings. The Morgan fingerprint density at radius 2 is 1.90 bits per heavy atom. The number of carbonyl (C=O) groups is 1. The van der Waals surface area contributed by atoms with E-state index in [-0.39, 0.29) is 17.5 Å². The zero-order valence-corrected chi connectivity index (χ0v) is 10.9. The molecule has 0 saturated carbocycles. The molecule has 0 aliphatic carbocycles. The van der Waals surface area contributed by atoms with E-state index in [9.17, 15) is 9.18 Å². The quantitative estimate of drug-likeness (QED) is 0.662. The Bertz CT molecular complexity index is 648. The molecule has 0 bridgehead atoms. The summed E-state index contributed by atoms with van der Waals surface area (Å²) in [6.45, 7) is 1.74. The second-order valence-corrected chi connectivity index (χ2v) is 4.37. The molecule has 0 saturated heterocycles. The number of rotatable bonds is 3. The van der Waals surface area contributed by atoms with Crippen molar-refractivity contribution in [2.75, 3.05) is 5.32 Å². The molecule has 2 aromatic carbocycles. The summed E-state index contributed by atoms with van der Waals surface area (Å²) in [5, 5.41) is 11.8. The fourth-order valence-corrected chi connectivity index (χ4v) is 1.74. The number of halogens is 1. The Morgan fingerprint density at radius 3 is 2.55 bits per heavy atom. The summed E-state index contributed by atoms with van der Waals surface area (Å²) in [5.74, 6) is -0.513. The minimum atomic E-state index is -0.339. The number of carbonyl (C=O) groups excluding carboxylic acids is 1. The molecule has 0 spiro atoms. The lowest BCUT2D eigenvalue weighted by Gasteiger charge is -2.04. The monoisotopic (exact) mass is 271 g/mol. The molecule has 2 N–H and O–H groups in total. The zero-order valence-electron chi connectivity index (χ0n) is 10.9. The maximum absolute atomic E-state index is 13.1. The Hall–Kier alpha value is -2.62. The van der Waals surface area contributed by atoms with E-state index in [1.165, 1.54) is 30.3 Å². The van der Waals surface area contributed by atoms with Crippen LogP contribution in [-0.2, 0) is 4.79 Å². The molecule has 20 heavy (non-hydrogen) atoms. The van der Waals surface area contributed by atoms with Gasteiger partial charge in [-0.2, -0.15) is 0 Å². The minimum Gasteiger partial charge on any atom is -0.508 e. The van der Waals surface area contributed by atoms with Gasteiger partial charge in [-0.05, 0) is 54.5 Å². The van der Waals surface area contributed by atoms with Crippen LogP contribution in [0.1, 0.15) is 12.5 Å². The maximum Gasteiger partial charge on any atom is 0.248 e. The van der Waals surface area contributed by atoms with Gasteiger partial charge in [0.2, 0.25) is 5.91 Å². The number of aromatic hydroxyl groups is 1. The molecule has 2 rings (SSSR count). The smallest absolute Gasteiger partial charge is 0.248 e. The van der Waals surface area contributed by atoms with E-state index in [1.54, 1.807) is 31.2 Å². The highest BCUT2D eigenvalue weighted by Crippen LogP contribution is 2.16. The fraction of sp³-hybridized carbons (Fsp3) is 0.0625. The molecule has 0 atom stereocenters. The van der Waals surface area contributed by atoms with Gasteiger partial charge in [-0.15, -0.1) is 0 Å². The van der Waals surface area contributed by atoms with E-state index < -0.39 is 0 Å². The molecule has 0 heterocycles. The molecule has 0 radical (unpaired) electrons. The van der Waals surface area contributed by atoms with Crippen LogP contribution in [0, 0.1) is 5.82 Å². The molecule has 4 heteroatoms. The summed E-state index contributed by atoms with van der Waals surface area (Å²) in [7, 11) is 0. The van der Waals surface area contributed by atoms with Crippen molar-refractivity contribution in [3.63, 3.8) is 0 Å². The van der Waals surface area contributed by atoms with Gasteiger partial charge in [0.25, 0.3) is 0 Å². The van der Waals surface area contributed by atoms with E-state index in [0.29, 0.717) is 16.8 Å². The summed E-state index contributed by atoms with van der Waals surface area (Å²) < 4.78 is 13.1. The molecule has 0 aliphatic rings. The van der Waals surface area contributed by atoms with Gasteiger partial charge in [0.05, 0.1) is 0 Å². The summed E-state index contributed by atoms with van der Waals surface area (Å²) in [6, 6.07) is 12.2. The lowest BCUT2D eigenvalue weighted by Crippen LogP contribution is -2.08. The molecule has 0 aromatic heterocycles. The molecular formula is C16H14FNO2. The van der Waals surface area contributed by atoms with Gasteiger partial charge in [0.15, 0.2) is 0 Å². The van der Waals surface area contributed by atoms with Crippen LogP contribution in [0.25, 0.3) is 5.57 Å². The van der Waals surface area contributed by atoms with Crippen molar-refractivity contribution in [1.29, 1.82) is 0 Å². The average molecular weight is 271 g/mol. The van der Waals surface area contributed by atoms with Crippen LogP contribution in [0.5, 0.6) is 5.75 Å². The van der Waals surface area contributed by atoms with E-state index in [1.807, 2.05) is 0 Å². The summed E-state index contributed by atoms with van der Waals surface area (Å²) in [5.41, 5.74) is 1.91. The van der Waals surface area contributed by atoms with Crippen molar-refractivity contribution in [1.82, 2.24) is 0 Å². The molecule has 102 valence electrons. The number of amides is 1. The first-order valence-electron chi connectivity index (χ1n) is 6.09. The lowest BCUT2D eigenvalue weighted by atomic mass is 10.1. The number of benzene rings is 2. The normalized spacial score (nSPS) is 11.2. The van der Waals surface area contributed by atoms with Crippen LogP contribution in [0.2, 0.25) is 0 Å². The number of phenolic OH excluding ortho intramolecular Hbond substituents is 1. The van der Waals surface area contributed by atoms with Crippen molar-refractivity contribution < 1.29 is 14.3 Å². The van der Waals surface area contributed by atoms with Gasteiger partial charge in [-0.25, -0.2) is 4.39 Å². The number of nitrogens with one attached hydrogen (secondary N) is 1. The number of allylic oxidation sites excluding steroid dienone is 1. The largest absolute Gasteiger partial charge is 0.508 e. The molecular weight excluding hydrogens is 257 g/mol. The van der Waals surface area contributed by atoms with Crippen molar-refractivity contribution in [2.24, 2.45) is 0 Å². The van der Waals surface area contributed by atoms with Crippen molar-refractivity contribution in [2.45, 2.75) is 6.92 Å². The third kappa shape index (κ3) is 3.68. The molecule has 0 unspecified atom stereocenters. The maximum atomic E-state index is 13.1. The van der Waals surface area contributed by atoms with Crippen LogP contribution in [0.15, 0.2) is 54.6 Å². The minimum absolute atomic E-state index is 0.134. The Labute approximate surface area is 116 Å². The SMILES string of the molecule is C/C(=C\C(=O)Nc1ccc(O)cc1)c1cccc(F)c1. The van der Waals surface area contributed by atoms with Gasteiger partial charge >= 0.3 is 0 Å². The predicted octanol–water partition coefficient (Wildman–Crippen LogP) is 3.57. The Morgan fingerprint density at radius 1 is 1.20 bits per heavy atom. The summed E-state index contributed by atoms with van der Waals surface area (Å²) >= 11 is 0. The van der Waals surface area contributed by atoms with Crippen molar-refractivity contribution >= 4 is 17.2 Å². The molecule has 1 amide bonds. The highest BCUT2D eigenvalue weighted by atomic mass is 19.1. The van der Waals surface area contributed by atoms with Crippen LogP contribution in [0.3, 0.4) is 0 Å². The highest BCUT2D eigenvalue weighted by Gasteiger charge is 2.02. The van der Waals surface area contributed by atoms with Crippen LogP contribution < -0.4 is 5.32 Å². The first-order valence-corrected chi connectivity index (χ1v) is 6.09. The van der Waals surface area contributed by atoms with E-state index in [4.69, 9.17) is 5.11 Å². The zero-order chi connectivity index (χ0) is 14.5. The average Bonchev–Trinajstić information content (AvgIpc) is 2.41. The summed E-state index contributed by atoms with van der Waals surface area (Å²) in [6.07, 6.45) is 1.40. The van der Waals surface area contributed by atoms with Gasteiger partial charge in [-0.3, -0.25) is 4.79 Å². The second-order valence-electron chi connectivity index (χ2n) is 4.37. The first kappa shape index (κ1) is 13.8. The van der Waals surface area contributed by atoms with Crippen LogP contribution in [0.4, 0.5) is 10.1 Å². The number of anilines is 1. The third-order valence-electron chi connectivity index (χ3n) is 2.76. The van der Waals surface area contributed by atoms with Gasteiger partial charge in [-0.1, -0.05) is 12.1 Å². The van der Waals surface area contributed by atoms with Crippen molar-refractivity contribution in [3.05, 3.63) is 66.0 Å². The second kappa shape index (κ2) is 6.02. The van der Waals surface area contributed by atoms with E-state index in [0.717, 1.165) is 0 Å². The first-order chi connectivity index (χ1) is 9.54. The molecule has 0 aliphatic heterocycles. The number of hydrogen-bond acceptors (Lipinski definition) is 2. The lowest BCUT2D eigenvalue weighted by molar-refractivity contribution is -0.111. The predicted molar refractivity (Wildman–Crippen MR) is 76.8 cm³/mol. The number of phenols is 1. The van der Waals surface area contributed by atoms with E-state index in [2.05, 4.69) is 5.32 Å². The highest BCUT2D eigenvalue weighted by molar-refractivity contribution is 6.03. The standard InChI is InChI=1S/C16H14FNO2/c1-11(12-3-2-4-13(17)10-12)9-16(20)18-14-5-7-15(19)8-6-14/h2-10,19H,1H3,(H,18,20)/b11-9+. The van der Waals surface area contributed by atoms with Gasteiger partial charge in [0.1, 0.15) is 11.6 Å². The van der Waals surface area contributed by atoms with Crippen LogP contribution in [-0.4, -0.2) is 11.0 Å². The van der Waals surface area contributed by atoms with Gasteiger partial charge < -0.3 is 10.4 Å². The summed E-state index contributed by atoms with van der Waals surface area (Å²) in [4.78, 5) is 11.8. The van der Waals surface area contributed by atoms with Gasteiger partial charge in [0, 0.05) is 11.8 Å². The van der Waals surface area contributed by atoms with Crippen molar-refractivity contribution in [3.8, 4) is 5.75 Å². The topological polar surface area (TPSA) is 49.3 Å². The fourth-order valence-electron chi connectivity index (χ4n) is 1.74. The Kier molecular flexibility index (Phi) is 4.15. The molecule has 3 nitrogen and oxygen atoms in total.